The highest BCUT2D eigenvalue weighted by Crippen LogP contribution is 2.19. The van der Waals surface area contributed by atoms with E-state index in [9.17, 15) is 4.79 Å². The molecule has 0 aliphatic heterocycles. The Balaban J connectivity index is 3.01. The Morgan fingerprint density at radius 2 is 2.18 bits per heavy atom. The van der Waals surface area contributed by atoms with Crippen molar-refractivity contribution in [1.29, 1.82) is 0 Å². The first-order valence-electron chi connectivity index (χ1n) is 5.29. The van der Waals surface area contributed by atoms with Gasteiger partial charge in [0.2, 0.25) is 0 Å². The van der Waals surface area contributed by atoms with E-state index in [0.717, 1.165) is 10.0 Å². The summed E-state index contributed by atoms with van der Waals surface area (Å²) >= 11 is 8.22. The van der Waals surface area contributed by atoms with Crippen molar-refractivity contribution in [3.63, 3.8) is 0 Å². The summed E-state index contributed by atoms with van der Waals surface area (Å²) in [5, 5.41) is 0. The fourth-order valence-electron chi connectivity index (χ4n) is 1.49. The van der Waals surface area contributed by atoms with Crippen molar-refractivity contribution >= 4 is 39.0 Å². The highest BCUT2D eigenvalue weighted by atomic mass is 79.9. The minimum atomic E-state index is -0.0594. The number of nitrogens with zero attached hydrogens (tertiary/aromatic N) is 1. The van der Waals surface area contributed by atoms with Crippen LogP contribution in [0.2, 0.25) is 0 Å². The third-order valence-corrected chi connectivity index (χ3v) is 3.19. The van der Waals surface area contributed by atoms with Crippen LogP contribution in [0.15, 0.2) is 22.7 Å². The molecule has 0 bridgehead atoms. The van der Waals surface area contributed by atoms with Crippen molar-refractivity contribution in [1.82, 2.24) is 4.90 Å². The summed E-state index contributed by atoms with van der Waals surface area (Å²) in [5.41, 5.74) is 7.16. The van der Waals surface area contributed by atoms with E-state index in [1.165, 1.54) is 0 Å². The predicted molar refractivity (Wildman–Crippen MR) is 77.2 cm³/mol. The van der Waals surface area contributed by atoms with Crippen molar-refractivity contribution < 1.29 is 4.79 Å². The van der Waals surface area contributed by atoms with Crippen molar-refractivity contribution in [2.45, 2.75) is 13.8 Å². The van der Waals surface area contributed by atoms with Crippen LogP contribution >= 0.6 is 28.1 Å². The Labute approximate surface area is 115 Å². The minimum absolute atomic E-state index is 0.0594. The van der Waals surface area contributed by atoms with Crippen LogP contribution in [0.4, 0.5) is 0 Å². The topological polar surface area (TPSA) is 46.3 Å². The van der Waals surface area contributed by atoms with Gasteiger partial charge < -0.3 is 10.6 Å². The Bertz CT molecular complexity index is 448. The molecular formula is C12H15BrN2OS. The van der Waals surface area contributed by atoms with Crippen LogP contribution in [0.3, 0.4) is 0 Å². The molecule has 17 heavy (non-hydrogen) atoms. The summed E-state index contributed by atoms with van der Waals surface area (Å²) < 4.78 is 0.787. The van der Waals surface area contributed by atoms with E-state index in [4.69, 9.17) is 18.0 Å². The van der Waals surface area contributed by atoms with Gasteiger partial charge >= 0.3 is 0 Å². The lowest BCUT2D eigenvalue weighted by Crippen LogP contribution is -2.37. The maximum Gasteiger partial charge on any atom is 0.255 e. The van der Waals surface area contributed by atoms with Crippen molar-refractivity contribution in [3.05, 3.63) is 33.8 Å². The van der Waals surface area contributed by atoms with E-state index in [1.807, 2.05) is 32.0 Å². The molecular weight excluding hydrogens is 300 g/mol. The average molecular weight is 315 g/mol. The quantitative estimate of drug-likeness (QED) is 0.869. The van der Waals surface area contributed by atoms with Crippen LogP contribution in [0, 0.1) is 6.92 Å². The molecule has 0 heterocycles. The number of benzene rings is 1. The molecule has 1 amide bonds. The zero-order valence-electron chi connectivity index (χ0n) is 9.87. The van der Waals surface area contributed by atoms with Gasteiger partial charge in [0.1, 0.15) is 0 Å². The van der Waals surface area contributed by atoms with Gasteiger partial charge in [0.15, 0.2) is 0 Å². The van der Waals surface area contributed by atoms with E-state index in [2.05, 4.69) is 15.9 Å². The summed E-state index contributed by atoms with van der Waals surface area (Å²) in [4.78, 5) is 14.2. The summed E-state index contributed by atoms with van der Waals surface area (Å²) in [5.74, 6) is -0.0594. The Morgan fingerprint density at radius 3 is 2.71 bits per heavy atom. The lowest BCUT2D eigenvalue weighted by Gasteiger charge is -2.21. The highest BCUT2D eigenvalue weighted by Gasteiger charge is 2.17. The van der Waals surface area contributed by atoms with E-state index >= 15 is 0 Å². The fraction of sp³-hybridized carbons (Fsp3) is 0.333. The van der Waals surface area contributed by atoms with Gasteiger partial charge in [-0.1, -0.05) is 23.8 Å². The van der Waals surface area contributed by atoms with Gasteiger partial charge in [-0.15, -0.1) is 0 Å². The molecule has 3 nitrogen and oxygen atoms in total. The SMILES string of the molecule is CCN(CC(N)=S)C(=O)c1cc(C)ccc1Br. The second-order valence-corrected chi connectivity index (χ2v) is 5.15. The van der Waals surface area contributed by atoms with Gasteiger partial charge in [0.05, 0.1) is 17.1 Å². The molecule has 5 heteroatoms. The first kappa shape index (κ1) is 14.1. The van der Waals surface area contributed by atoms with Crippen LogP contribution in [0.1, 0.15) is 22.8 Å². The molecule has 0 fully saturated rings. The number of carbonyl (C=O) groups is 1. The molecule has 0 aromatic heterocycles. The Morgan fingerprint density at radius 1 is 1.53 bits per heavy atom. The number of likely N-dealkylation sites (N-methyl/N-ethyl adjacent to an activating group) is 1. The zero-order chi connectivity index (χ0) is 13.0. The largest absolute Gasteiger partial charge is 0.392 e. The number of halogens is 1. The second kappa shape index (κ2) is 6.12. The highest BCUT2D eigenvalue weighted by molar-refractivity contribution is 9.10. The molecule has 2 N–H and O–H groups in total. The van der Waals surface area contributed by atoms with Crippen LogP contribution in [-0.4, -0.2) is 28.9 Å². The number of amides is 1. The lowest BCUT2D eigenvalue weighted by molar-refractivity contribution is 0.0787. The number of thiocarbonyl (C=S) groups is 1. The molecule has 0 aliphatic carbocycles. The molecule has 0 atom stereocenters. The number of aryl methyl sites for hydroxylation is 1. The van der Waals surface area contributed by atoms with Crippen molar-refractivity contribution in [3.8, 4) is 0 Å². The van der Waals surface area contributed by atoms with Crippen LogP contribution < -0.4 is 5.73 Å². The predicted octanol–water partition coefficient (Wildman–Crippen LogP) is 2.51. The van der Waals surface area contributed by atoms with Gasteiger partial charge in [0, 0.05) is 11.0 Å². The summed E-state index contributed by atoms with van der Waals surface area (Å²) in [6.45, 7) is 4.74. The third-order valence-electron chi connectivity index (χ3n) is 2.37. The van der Waals surface area contributed by atoms with Gasteiger partial charge in [-0.05, 0) is 41.9 Å². The van der Waals surface area contributed by atoms with Gasteiger partial charge in [-0.25, -0.2) is 0 Å². The molecule has 1 aromatic carbocycles. The maximum absolute atomic E-state index is 12.3. The molecule has 0 aliphatic rings. The number of rotatable bonds is 4. The second-order valence-electron chi connectivity index (χ2n) is 3.77. The van der Waals surface area contributed by atoms with E-state index in [0.29, 0.717) is 23.6 Å². The first-order valence-corrected chi connectivity index (χ1v) is 6.49. The molecule has 1 aromatic rings. The minimum Gasteiger partial charge on any atom is -0.392 e. The molecule has 0 spiro atoms. The Kier molecular flexibility index (Phi) is 5.08. The monoisotopic (exact) mass is 314 g/mol. The summed E-state index contributed by atoms with van der Waals surface area (Å²) in [7, 11) is 0. The van der Waals surface area contributed by atoms with E-state index in [-0.39, 0.29) is 5.91 Å². The molecule has 1 rings (SSSR count). The number of nitrogens with two attached hydrogens (primary N) is 1. The van der Waals surface area contributed by atoms with E-state index < -0.39 is 0 Å². The smallest absolute Gasteiger partial charge is 0.255 e. The van der Waals surface area contributed by atoms with Gasteiger partial charge in [-0.3, -0.25) is 4.79 Å². The van der Waals surface area contributed by atoms with Gasteiger partial charge in [-0.2, -0.15) is 0 Å². The number of hydrogen-bond acceptors (Lipinski definition) is 2. The fourth-order valence-corrected chi connectivity index (χ4v) is 2.06. The van der Waals surface area contributed by atoms with Crippen LogP contribution in [-0.2, 0) is 0 Å². The van der Waals surface area contributed by atoms with Gasteiger partial charge in [0.25, 0.3) is 5.91 Å². The average Bonchev–Trinajstić information content (AvgIpc) is 2.28. The summed E-state index contributed by atoms with van der Waals surface area (Å²) in [6, 6.07) is 5.68. The standard InChI is InChI=1S/C12H15BrN2OS/c1-3-15(7-11(14)17)12(16)9-6-8(2)4-5-10(9)13/h4-6H,3,7H2,1-2H3,(H2,14,17). The maximum atomic E-state index is 12.3. The Hall–Kier alpha value is -0.940. The first-order chi connectivity index (χ1) is 7.95. The van der Waals surface area contributed by atoms with Crippen LogP contribution in [0.25, 0.3) is 0 Å². The van der Waals surface area contributed by atoms with E-state index in [1.54, 1.807) is 4.90 Å². The van der Waals surface area contributed by atoms with Crippen molar-refractivity contribution in [2.75, 3.05) is 13.1 Å². The molecule has 0 saturated carbocycles. The van der Waals surface area contributed by atoms with Crippen LogP contribution in [0.5, 0.6) is 0 Å². The molecule has 0 unspecified atom stereocenters. The summed E-state index contributed by atoms with van der Waals surface area (Å²) in [6.07, 6.45) is 0. The molecule has 92 valence electrons. The zero-order valence-corrected chi connectivity index (χ0v) is 12.3. The third kappa shape index (κ3) is 3.78. The normalized spacial score (nSPS) is 10.1. The van der Waals surface area contributed by atoms with Crippen molar-refractivity contribution in [2.24, 2.45) is 5.73 Å². The number of hydrogen-bond donors (Lipinski definition) is 1. The lowest BCUT2D eigenvalue weighted by atomic mass is 10.1. The molecule has 0 saturated heterocycles. The molecule has 0 radical (unpaired) electrons. The number of carbonyl (C=O) groups excluding carboxylic acids is 1.